The molecule has 1 fully saturated rings. The second-order valence-electron chi connectivity index (χ2n) is 12.0. The van der Waals surface area contributed by atoms with Gasteiger partial charge in [0.2, 0.25) is 0 Å². The standard InChI is InChI=1S/C32H50O8/c1-19-12-20(2)14-29-28(40-29)11-9-7-8-10-21(3)32(38)39-18-26(34)16-24(6)30(36)31(37)27(35)17-25(33)15-23(5)22(4)13-19/h9-11,13,20,23-26,28-31,33-34,36-37H,1,7-8,12,14-18H2,2-6H3/b11-9+,21-10+,22-13+/t20-,23-,24-,25-,26+,28+,29+,30+,31+/m1/s1. The van der Waals surface area contributed by atoms with Gasteiger partial charge >= 0.3 is 5.97 Å². The highest BCUT2D eigenvalue weighted by atomic mass is 16.6. The fourth-order valence-electron chi connectivity index (χ4n) is 5.13. The quantitative estimate of drug-likeness (QED) is 0.198. The number of allylic oxidation sites excluding steroid dienone is 5. The molecule has 8 heteroatoms. The van der Waals surface area contributed by atoms with Gasteiger partial charge in [0.05, 0.1) is 24.4 Å². The van der Waals surface area contributed by atoms with E-state index in [2.05, 4.69) is 25.7 Å². The van der Waals surface area contributed by atoms with Gasteiger partial charge < -0.3 is 29.9 Å². The summed E-state index contributed by atoms with van der Waals surface area (Å²) in [7, 11) is 0. The van der Waals surface area contributed by atoms with E-state index >= 15 is 0 Å². The number of hydrogen-bond donors (Lipinski definition) is 4. The largest absolute Gasteiger partial charge is 0.460 e. The van der Waals surface area contributed by atoms with Crippen LogP contribution < -0.4 is 0 Å². The molecule has 0 aliphatic carbocycles. The van der Waals surface area contributed by atoms with Crippen molar-refractivity contribution in [1.82, 2.24) is 0 Å². The molecular weight excluding hydrogens is 512 g/mol. The molecular formula is C32H50O8. The summed E-state index contributed by atoms with van der Waals surface area (Å²) < 4.78 is 11.0. The molecule has 2 rings (SSSR count). The lowest BCUT2D eigenvalue weighted by Crippen LogP contribution is -2.41. The molecule has 2 aliphatic rings. The third-order valence-corrected chi connectivity index (χ3v) is 7.86. The molecule has 1 saturated heterocycles. The topological polar surface area (TPSA) is 137 Å². The molecule has 8 nitrogen and oxygen atoms in total. The Morgan fingerprint density at radius 2 is 1.62 bits per heavy atom. The minimum absolute atomic E-state index is 0.00393. The molecule has 0 saturated carbocycles. The van der Waals surface area contributed by atoms with Gasteiger partial charge in [-0.15, -0.1) is 0 Å². The summed E-state index contributed by atoms with van der Waals surface area (Å²) in [6, 6.07) is 0. The second-order valence-corrected chi connectivity index (χ2v) is 12.0. The number of Topliss-reactive ketones (excluding diaryl/α,β-unsaturated/α-hetero) is 1. The fraction of sp³-hybridized carbons (Fsp3) is 0.688. The Labute approximate surface area is 239 Å². The molecule has 0 radical (unpaired) electrons. The minimum atomic E-state index is -1.69. The molecule has 0 spiro atoms. The van der Waals surface area contributed by atoms with E-state index in [0.717, 1.165) is 30.4 Å². The lowest BCUT2D eigenvalue weighted by molar-refractivity contribution is -0.143. The van der Waals surface area contributed by atoms with Crippen LogP contribution in [0.1, 0.15) is 79.6 Å². The van der Waals surface area contributed by atoms with Crippen molar-refractivity contribution >= 4 is 11.8 Å². The summed E-state index contributed by atoms with van der Waals surface area (Å²) in [5, 5.41) is 41.7. The Balaban J connectivity index is 2.08. The van der Waals surface area contributed by atoms with Crippen LogP contribution in [0.5, 0.6) is 0 Å². The third kappa shape index (κ3) is 11.8. The van der Waals surface area contributed by atoms with Crippen molar-refractivity contribution in [3.63, 3.8) is 0 Å². The van der Waals surface area contributed by atoms with Gasteiger partial charge in [-0.25, -0.2) is 4.79 Å². The molecule has 40 heavy (non-hydrogen) atoms. The number of aliphatic hydroxyl groups is 4. The third-order valence-electron chi connectivity index (χ3n) is 7.86. The summed E-state index contributed by atoms with van der Waals surface area (Å²) in [6.07, 6.45) is 6.39. The number of cyclic esters (lactones) is 1. The molecule has 2 heterocycles. The Morgan fingerprint density at radius 1 is 0.925 bits per heavy atom. The maximum absolute atomic E-state index is 12.6. The number of ether oxygens (including phenoxy) is 2. The van der Waals surface area contributed by atoms with Crippen molar-refractivity contribution in [3.05, 3.63) is 47.6 Å². The Bertz CT molecular complexity index is 951. The zero-order valence-corrected chi connectivity index (χ0v) is 24.8. The molecule has 0 amide bonds. The van der Waals surface area contributed by atoms with Crippen molar-refractivity contribution in [2.24, 2.45) is 17.8 Å². The first-order valence-corrected chi connectivity index (χ1v) is 14.5. The zero-order chi connectivity index (χ0) is 30.0. The monoisotopic (exact) mass is 562 g/mol. The molecule has 0 bridgehead atoms. The number of carbonyl (C=O) groups excluding carboxylic acids is 2. The van der Waals surface area contributed by atoms with Crippen LogP contribution in [0, 0.1) is 17.8 Å². The zero-order valence-electron chi connectivity index (χ0n) is 24.8. The van der Waals surface area contributed by atoms with E-state index in [9.17, 15) is 30.0 Å². The fourth-order valence-corrected chi connectivity index (χ4v) is 5.13. The van der Waals surface area contributed by atoms with Crippen molar-refractivity contribution in [1.29, 1.82) is 0 Å². The summed E-state index contributed by atoms with van der Waals surface area (Å²) in [5.74, 6) is -1.45. The number of ketones is 1. The highest BCUT2D eigenvalue weighted by Gasteiger charge is 2.37. The van der Waals surface area contributed by atoms with Crippen LogP contribution in [-0.4, -0.2) is 75.4 Å². The van der Waals surface area contributed by atoms with Gasteiger partial charge in [0.25, 0.3) is 0 Å². The lowest BCUT2D eigenvalue weighted by Gasteiger charge is -2.26. The van der Waals surface area contributed by atoms with E-state index in [1.165, 1.54) is 0 Å². The number of aliphatic hydroxyl groups excluding tert-OH is 4. The number of carbonyl (C=O) groups is 2. The Hall–Kier alpha value is -2.10. The van der Waals surface area contributed by atoms with Crippen LogP contribution >= 0.6 is 0 Å². The average Bonchev–Trinajstić information content (AvgIpc) is 3.61. The highest BCUT2D eigenvalue weighted by molar-refractivity contribution is 5.87. The molecule has 0 aromatic carbocycles. The van der Waals surface area contributed by atoms with Crippen LogP contribution in [0.2, 0.25) is 0 Å². The van der Waals surface area contributed by atoms with E-state index in [0.29, 0.717) is 24.3 Å². The number of epoxide rings is 1. The molecule has 2 aliphatic heterocycles. The lowest BCUT2D eigenvalue weighted by atomic mass is 9.88. The summed E-state index contributed by atoms with van der Waals surface area (Å²) in [6.45, 7) is 13.3. The molecule has 0 aromatic rings. The Morgan fingerprint density at radius 3 is 2.33 bits per heavy atom. The number of esters is 1. The second kappa shape index (κ2) is 16.4. The van der Waals surface area contributed by atoms with Crippen LogP contribution in [0.4, 0.5) is 0 Å². The maximum atomic E-state index is 12.6. The predicted octanol–water partition coefficient (Wildman–Crippen LogP) is 3.97. The summed E-state index contributed by atoms with van der Waals surface area (Å²) in [5.41, 5.74) is 2.50. The maximum Gasteiger partial charge on any atom is 0.333 e. The van der Waals surface area contributed by atoms with Crippen molar-refractivity contribution in [2.45, 2.75) is 116 Å². The van der Waals surface area contributed by atoms with Crippen LogP contribution in [0.3, 0.4) is 0 Å². The van der Waals surface area contributed by atoms with E-state index in [4.69, 9.17) is 9.47 Å². The summed E-state index contributed by atoms with van der Waals surface area (Å²) >= 11 is 0. The van der Waals surface area contributed by atoms with E-state index in [1.54, 1.807) is 19.9 Å². The van der Waals surface area contributed by atoms with Gasteiger partial charge in [0.1, 0.15) is 18.8 Å². The van der Waals surface area contributed by atoms with Crippen molar-refractivity contribution < 1.29 is 39.5 Å². The molecule has 226 valence electrons. The van der Waals surface area contributed by atoms with Crippen LogP contribution in [0.25, 0.3) is 0 Å². The average molecular weight is 563 g/mol. The van der Waals surface area contributed by atoms with Gasteiger partial charge in [-0.1, -0.05) is 62.8 Å². The van der Waals surface area contributed by atoms with Crippen LogP contribution in [-0.2, 0) is 19.1 Å². The van der Waals surface area contributed by atoms with Gasteiger partial charge in [-0.3, -0.25) is 4.79 Å². The predicted molar refractivity (Wildman–Crippen MR) is 154 cm³/mol. The first-order chi connectivity index (χ1) is 18.8. The Kier molecular flexibility index (Phi) is 14.0. The van der Waals surface area contributed by atoms with Gasteiger partial charge in [0.15, 0.2) is 5.78 Å². The number of fused-ring (bicyclic) bond motifs is 1. The SMILES string of the molecule is C=C1/C=C(\C)[C@H](C)C[C@@H](O)CC(=O)[C@H](O)[C@@H](O)[C@H](C)C[C@H](O)COC(=O)/C(C)=C/CC/C=C/[C@@H]2O[C@H]2C[C@H](C)C1. The molecule has 0 unspecified atom stereocenters. The molecule has 9 atom stereocenters. The molecule has 0 aromatic heterocycles. The van der Waals surface area contributed by atoms with E-state index in [-0.39, 0.29) is 37.6 Å². The summed E-state index contributed by atoms with van der Waals surface area (Å²) in [4.78, 5) is 24.8. The van der Waals surface area contributed by atoms with Gasteiger partial charge in [-0.2, -0.15) is 0 Å². The minimum Gasteiger partial charge on any atom is -0.460 e. The normalized spacial score (nSPS) is 40.4. The van der Waals surface area contributed by atoms with Gasteiger partial charge in [0, 0.05) is 12.0 Å². The highest BCUT2D eigenvalue weighted by Crippen LogP contribution is 2.32. The number of rotatable bonds is 0. The molecule has 4 N–H and O–H groups in total. The smallest absolute Gasteiger partial charge is 0.333 e. The van der Waals surface area contributed by atoms with Gasteiger partial charge in [-0.05, 0) is 70.1 Å². The van der Waals surface area contributed by atoms with E-state index in [1.807, 2.05) is 19.9 Å². The first-order valence-electron chi connectivity index (χ1n) is 14.5. The first kappa shape index (κ1) is 34.1. The van der Waals surface area contributed by atoms with Crippen molar-refractivity contribution in [2.75, 3.05) is 6.61 Å². The van der Waals surface area contributed by atoms with Crippen molar-refractivity contribution in [3.8, 4) is 0 Å². The number of hydrogen-bond acceptors (Lipinski definition) is 8. The van der Waals surface area contributed by atoms with Crippen LogP contribution in [0.15, 0.2) is 47.6 Å². The van der Waals surface area contributed by atoms with E-state index < -0.39 is 42.1 Å².